The molecule has 4 fully saturated rings. The summed E-state index contributed by atoms with van der Waals surface area (Å²) < 4.78 is 44.2. The van der Waals surface area contributed by atoms with E-state index in [-0.39, 0.29) is 44.0 Å². The van der Waals surface area contributed by atoms with Gasteiger partial charge in [0.1, 0.15) is 29.7 Å². The van der Waals surface area contributed by atoms with E-state index in [0.29, 0.717) is 60.4 Å². The number of nitrogens with zero attached hydrogens (tertiary/aromatic N) is 3. The Morgan fingerprint density at radius 3 is 2.45 bits per heavy atom. The van der Waals surface area contributed by atoms with Gasteiger partial charge in [-0.3, -0.25) is 19.1 Å². The maximum absolute atomic E-state index is 14.3. The van der Waals surface area contributed by atoms with E-state index in [0.717, 1.165) is 24.8 Å². The first-order chi connectivity index (χ1) is 27.3. The number of benzene rings is 1. The fourth-order valence-electron chi connectivity index (χ4n) is 7.73. The standard InChI is InChI=1S/C41H58N6O10S/c1-24(2)56-34-20-33(28-14-15-32(55-6)25(3)35(28)44-34)57-27-19-31(36(42)48)47(21-27)38(50)30(43-39(51)46-22-40(4,52)23-46)13-11-9-7-8-10-12-26-18-29(26)37(49)45-58(53,54)41(5)16-17-41/h10,12,14-15,20,24,26-27,29-31,52H,7-9,11,13,16-19,21-23H2,1-6H3,(H2,42,48)(H,43,51)(H,45,49)/b12-10-/t26-,27-,29?,30+,31+/m1/s1. The maximum Gasteiger partial charge on any atom is 0.318 e. The van der Waals surface area contributed by atoms with Crippen molar-refractivity contribution in [2.75, 3.05) is 26.7 Å². The van der Waals surface area contributed by atoms with Gasteiger partial charge in [0, 0.05) is 29.4 Å². The molecule has 0 radical (unpaired) electrons. The second-order valence-corrected chi connectivity index (χ2v) is 19.3. The number of carbonyl (C=O) groups excluding carboxylic acids is 4. The number of aliphatic hydroxyl groups is 1. The summed E-state index contributed by atoms with van der Waals surface area (Å²) in [6.45, 7) is 9.26. The number of methoxy groups -OCH3 is 1. The van der Waals surface area contributed by atoms with Crippen molar-refractivity contribution in [3.8, 4) is 17.4 Å². The van der Waals surface area contributed by atoms with Crippen LogP contribution >= 0.6 is 0 Å². The van der Waals surface area contributed by atoms with Gasteiger partial charge in [0.05, 0.1) is 48.7 Å². The van der Waals surface area contributed by atoms with Crippen LogP contribution in [0.3, 0.4) is 0 Å². The number of urea groups is 1. The Morgan fingerprint density at radius 2 is 1.81 bits per heavy atom. The van der Waals surface area contributed by atoms with E-state index in [4.69, 9.17) is 24.9 Å². The number of nitrogens with one attached hydrogen (secondary N) is 2. The van der Waals surface area contributed by atoms with Gasteiger partial charge < -0.3 is 40.2 Å². The minimum Gasteiger partial charge on any atom is -0.496 e. The average Bonchev–Trinajstić information content (AvgIpc) is 4.05. The summed E-state index contributed by atoms with van der Waals surface area (Å²) in [6.07, 6.45) is 8.20. The van der Waals surface area contributed by atoms with Gasteiger partial charge in [-0.15, -0.1) is 0 Å². The summed E-state index contributed by atoms with van der Waals surface area (Å²) in [7, 11) is -2.07. The van der Waals surface area contributed by atoms with Crippen molar-refractivity contribution < 1.29 is 46.9 Å². The molecule has 2 aliphatic carbocycles. The van der Waals surface area contributed by atoms with E-state index in [1.165, 1.54) is 9.80 Å². The van der Waals surface area contributed by atoms with Crippen molar-refractivity contribution >= 4 is 44.7 Å². The molecule has 1 aromatic heterocycles. The zero-order chi connectivity index (χ0) is 42.2. The molecule has 58 heavy (non-hydrogen) atoms. The SMILES string of the molecule is COc1ccc2c(O[C@@H]3C[C@@H](C(N)=O)N(C(=O)[C@H](CCCCC/C=C\[C@@H]4CC4C(=O)NS(=O)(=O)C4(C)CC4)NC(=O)N4CC(C)(O)C4)C3)cc(OC(C)C)nc2c1C. The summed E-state index contributed by atoms with van der Waals surface area (Å²) in [5, 5.41) is 13.8. The molecule has 0 bridgehead atoms. The lowest BCUT2D eigenvalue weighted by molar-refractivity contribution is -0.139. The van der Waals surface area contributed by atoms with Crippen LogP contribution in [0.15, 0.2) is 30.4 Å². The molecule has 2 saturated carbocycles. The van der Waals surface area contributed by atoms with Crippen LogP contribution in [0.2, 0.25) is 0 Å². The van der Waals surface area contributed by atoms with Crippen LogP contribution in [-0.4, -0.2) is 113 Å². The minimum atomic E-state index is -3.65. The minimum absolute atomic E-state index is 0.00788. The highest BCUT2D eigenvalue weighted by molar-refractivity contribution is 7.91. The predicted octanol–water partition coefficient (Wildman–Crippen LogP) is 3.46. The Labute approximate surface area is 340 Å². The number of pyridine rings is 1. The van der Waals surface area contributed by atoms with Crippen molar-refractivity contribution in [3.63, 3.8) is 0 Å². The van der Waals surface area contributed by atoms with Gasteiger partial charge in [-0.05, 0) is 91.2 Å². The summed E-state index contributed by atoms with van der Waals surface area (Å²) in [6, 6.07) is 2.94. The van der Waals surface area contributed by atoms with E-state index in [2.05, 4.69) is 10.0 Å². The molecule has 2 aromatic rings. The van der Waals surface area contributed by atoms with E-state index in [1.807, 2.05) is 45.1 Å². The van der Waals surface area contributed by atoms with Crippen LogP contribution in [0, 0.1) is 18.8 Å². The van der Waals surface area contributed by atoms with Crippen molar-refractivity contribution in [2.24, 2.45) is 17.6 Å². The molecular weight excluding hydrogens is 769 g/mol. The molecule has 6 rings (SSSR count). The van der Waals surface area contributed by atoms with Gasteiger partial charge >= 0.3 is 6.03 Å². The van der Waals surface area contributed by atoms with Crippen LogP contribution < -0.4 is 30.0 Å². The number of amides is 5. The molecule has 4 aliphatic rings. The fourth-order valence-corrected chi connectivity index (χ4v) is 9.04. The Hall–Kier alpha value is -4.64. The van der Waals surface area contributed by atoms with Crippen LogP contribution in [0.5, 0.6) is 17.4 Å². The first-order valence-electron chi connectivity index (χ1n) is 20.2. The first kappa shape index (κ1) is 43.0. The van der Waals surface area contributed by atoms with Gasteiger partial charge in [0.2, 0.25) is 33.6 Å². The molecule has 1 unspecified atom stereocenters. The second-order valence-electron chi connectivity index (χ2n) is 17.1. The number of sulfonamides is 1. The van der Waals surface area contributed by atoms with Crippen LogP contribution in [0.4, 0.5) is 4.79 Å². The number of aromatic nitrogens is 1. The summed E-state index contributed by atoms with van der Waals surface area (Å²) in [5.74, 6) is -0.440. The molecule has 1 aromatic carbocycles. The van der Waals surface area contributed by atoms with E-state index < -0.39 is 62.3 Å². The molecule has 5 atom stereocenters. The number of carbonyl (C=O) groups is 4. The lowest BCUT2D eigenvalue weighted by Gasteiger charge is -2.44. The number of aryl methyl sites for hydroxylation is 1. The number of rotatable bonds is 18. The van der Waals surface area contributed by atoms with E-state index >= 15 is 0 Å². The number of fused-ring (bicyclic) bond motifs is 1. The number of unbranched alkanes of at least 4 members (excludes halogenated alkanes) is 3. The summed E-state index contributed by atoms with van der Waals surface area (Å²) in [5.41, 5.74) is 6.29. The zero-order valence-electron chi connectivity index (χ0n) is 34.3. The smallest absolute Gasteiger partial charge is 0.318 e. The molecule has 3 heterocycles. The third-order valence-electron chi connectivity index (χ3n) is 11.6. The molecule has 17 heteroatoms. The fraction of sp³-hybridized carbons (Fsp3) is 0.634. The van der Waals surface area contributed by atoms with Gasteiger partial charge in [0.25, 0.3) is 0 Å². The Morgan fingerprint density at radius 1 is 1.09 bits per heavy atom. The molecule has 16 nitrogen and oxygen atoms in total. The molecule has 2 aliphatic heterocycles. The Bertz CT molecular complexity index is 2040. The predicted molar refractivity (Wildman–Crippen MR) is 216 cm³/mol. The Kier molecular flexibility index (Phi) is 12.5. The number of likely N-dealkylation sites (tertiary alicyclic amines) is 2. The largest absolute Gasteiger partial charge is 0.496 e. The molecule has 318 valence electrons. The van der Waals surface area contributed by atoms with Gasteiger partial charge in [0.15, 0.2) is 0 Å². The van der Waals surface area contributed by atoms with Crippen molar-refractivity contribution in [3.05, 3.63) is 35.9 Å². The molecule has 5 amide bonds. The number of hydrogen-bond donors (Lipinski definition) is 4. The van der Waals surface area contributed by atoms with Crippen molar-refractivity contribution in [1.29, 1.82) is 0 Å². The quantitative estimate of drug-likeness (QED) is 0.126. The number of hydrogen-bond acceptors (Lipinski definition) is 11. The highest BCUT2D eigenvalue weighted by atomic mass is 32.2. The maximum atomic E-state index is 14.3. The van der Waals surface area contributed by atoms with Gasteiger partial charge in [-0.2, -0.15) is 0 Å². The number of primary amides is 1. The molecule has 0 spiro atoms. The number of β-amino-alcohol motifs (C(OH)–C–C–N with tert-alkyl or cyclic N) is 1. The van der Waals surface area contributed by atoms with Crippen LogP contribution in [0.1, 0.15) is 91.0 Å². The van der Waals surface area contributed by atoms with Crippen LogP contribution in [-0.2, 0) is 24.4 Å². The van der Waals surface area contributed by atoms with E-state index in [1.54, 1.807) is 27.0 Å². The summed E-state index contributed by atoms with van der Waals surface area (Å²) >= 11 is 0. The lowest BCUT2D eigenvalue weighted by Crippen LogP contribution is -2.65. The van der Waals surface area contributed by atoms with Gasteiger partial charge in [-0.1, -0.05) is 25.0 Å². The highest BCUT2D eigenvalue weighted by Gasteiger charge is 2.53. The van der Waals surface area contributed by atoms with Crippen molar-refractivity contribution in [1.82, 2.24) is 24.8 Å². The van der Waals surface area contributed by atoms with Gasteiger partial charge in [-0.25, -0.2) is 18.2 Å². The highest BCUT2D eigenvalue weighted by Crippen LogP contribution is 2.44. The number of nitrogens with two attached hydrogens (primary N) is 1. The number of ether oxygens (including phenoxy) is 3. The monoisotopic (exact) mass is 826 g/mol. The molecule has 2 saturated heterocycles. The zero-order valence-corrected chi connectivity index (χ0v) is 35.1. The Balaban J connectivity index is 1.08. The third-order valence-corrected chi connectivity index (χ3v) is 13.8. The molecule has 5 N–H and O–H groups in total. The lowest BCUT2D eigenvalue weighted by atomic mass is 9.97. The van der Waals surface area contributed by atoms with Crippen molar-refractivity contribution in [2.45, 2.75) is 127 Å². The van der Waals surface area contributed by atoms with Crippen LogP contribution in [0.25, 0.3) is 10.9 Å². The third kappa shape index (κ3) is 9.79. The summed E-state index contributed by atoms with van der Waals surface area (Å²) in [4.78, 5) is 60.4. The topological polar surface area (TPSA) is 220 Å². The molecular formula is C41H58N6O10S. The van der Waals surface area contributed by atoms with E-state index in [9.17, 15) is 32.7 Å². The first-order valence-corrected chi connectivity index (χ1v) is 21.7. The number of allylic oxidation sites excluding steroid dienone is 2. The average molecular weight is 827 g/mol. The normalized spacial score (nSPS) is 23.7. The second kappa shape index (κ2) is 16.9.